The molecule has 4 atom stereocenters. The molecule has 0 bridgehead atoms. The highest BCUT2D eigenvalue weighted by molar-refractivity contribution is 9.11. The van der Waals surface area contributed by atoms with Gasteiger partial charge in [0.15, 0.2) is 0 Å². The molecule has 1 N–H and O–H groups in total. The Hall–Kier alpha value is -6.34. The zero-order chi connectivity index (χ0) is 40.8. The van der Waals surface area contributed by atoms with Crippen molar-refractivity contribution in [2.45, 2.75) is 36.4 Å². The Morgan fingerprint density at radius 3 is 1.78 bits per heavy atom. The topological polar surface area (TPSA) is 135 Å². The van der Waals surface area contributed by atoms with E-state index in [1.165, 1.54) is 29.4 Å². The van der Waals surface area contributed by atoms with E-state index < -0.39 is 53.1 Å². The average Bonchev–Trinajstić information content (AvgIpc) is 3.69. The maximum atomic E-state index is 14.4. The quantitative estimate of drug-likeness (QED) is 0.102. The highest BCUT2D eigenvalue weighted by atomic mass is 79.9. The van der Waals surface area contributed by atoms with Crippen molar-refractivity contribution in [3.8, 4) is 11.5 Å². The van der Waals surface area contributed by atoms with E-state index in [0.717, 1.165) is 4.57 Å². The second-order valence-electron chi connectivity index (χ2n) is 13.6. The van der Waals surface area contributed by atoms with Crippen LogP contribution in [0.15, 0.2) is 160 Å². The van der Waals surface area contributed by atoms with Gasteiger partial charge in [-0.25, -0.2) is 9.59 Å². The number of hydrogen-bond donors (Lipinski definition) is 1. The van der Waals surface area contributed by atoms with Gasteiger partial charge in [0.05, 0.1) is 30.8 Å². The third kappa shape index (κ3) is 7.57. The lowest BCUT2D eigenvalue weighted by atomic mass is 9.64. The number of carbonyl (C=O) groups excluding carboxylic acids is 2. The molecule has 5 aromatic carbocycles. The Balaban J connectivity index is 1.43. The molecule has 0 saturated carbocycles. The molecule has 11 nitrogen and oxygen atoms in total. The number of esters is 1. The standard InChI is InChI=1S/C46H39BrN2O9/c1-55-36-22-18-34(19-23-36)46(33-16-10-5-11-17-33,35-20-24-37(56-2)25-21-35)41(50)40-38(57-44(53)31-14-8-4-9-15-31)28-39(58-40)48-29-32(26-27-47)43(52)49(45(48)54)42(51)30-12-6-3-7-13-30/h3-27,29,38-41,50H,28H2,1-2H3/b27-26+/t38-,39+,40-,41?/m0/s1. The van der Waals surface area contributed by atoms with E-state index in [9.17, 15) is 24.3 Å². The third-order valence-corrected chi connectivity index (χ3v) is 10.6. The molecular formula is C46H39BrN2O9. The van der Waals surface area contributed by atoms with E-state index in [0.29, 0.717) is 32.8 Å². The molecule has 0 aliphatic carbocycles. The smallest absolute Gasteiger partial charge is 0.340 e. The van der Waals surface area contributed by atoms with E-state index >= 15 is 0 Å². The summed E-state index contributed by atoms with van der Waals surface area (Å²) in [6, 6.07) is 40.3. The summed E-state index contributed by atoms with van der Waals surface area (Å²) in [7, 11) is 3.13. The SMILES string of the molecule is COc1ccc(C(c2ccccc2)(c2ccc(OC)cc2)C(O)[C@H]2O[C@@H](n3cc(/C=C/Br)c(=O)n(C(=O)c4ccccc4)c3=O)C[C@@H]2OC(=O)c2ccccc2)cc1. The normalized spacial score (nSPS) is 17.1. The van der Waals surface area contributed by atoms with Crippen LogP contribution in [0.1, 0.15) is 55.6 Å². The number of ether oxygens (including phenoxy) is 4. The first-order valence-corrected chi connectivity index (χ1v) is 19.3. The van der Waals surface area contributed by atoms with Crippen molar-refractivity contribution in [2.75, 3.05) is 14.2 Å². The maximum absolute atomic E-state index is 14.4. The molecule has 12 heteroatoms. The number of nitrogens with zero attached hydrogens (tertiary/aromatic N) is 2. The van der Waals surface area contributed by atoms with Crippen LogP contribution in [0.5, 0.6) is 11.5 Å². The van der Waals surface area contributed by atoms with Gasteiger partial charge in [0.1, 0.15) is 36.0 Å². The zero-order valence-corrected chi connectivity index (χ0v) is 33.1. The number of hydrogen-bond acceptors (Lipinski definition) is 9. The van der Waals surface area contributed by atoms with Crippen LogP contribution in [-0.2, 0) is 14.9 Å². The Labute approximate surface area is 342 Å². The van der Waals surface area contributed by atoms with Crippen LogP contribution in [0.4, 0.5) is 0 Å². The van der Waals surface area contributed by atoms with Crippen LogP contribution in [0, 0.1) is 0 Å². The van der Waals surface area contributed by atoms with Crippen LogP contribution in [-0.4, -0.2) is 58.6 Å². The van der Waals surface area contributed by atoms with Gasteiger partial charge in [0.25, 0.3) is 11.5 Å². The van der Waals surface area contributed by atoms with Crippen molar-refractivity contribution >= 4 is 33.9 Å². The van der Waals surface area contributed by atoms with Crippen molar-refractivity contribution in [3.05, 3.63) is 205 Å². The summed E-state index contributed by atoms with van der Waals surface area (Å²) in [5.41, 5.74) is -0.829. The van der Waals surface area contributed by atoms with Crippen LogP contribution >= 0.6 is 15.9 Å². The van der Waals surface area contributed by atoms with Gasteiger partial charge in [-0.2, -0.15) is 4.57 Å². The van der Waals surface area contributed by atoms with Crippen LogP contribution in [0.3, 0.4) is 0 Å². The molecule has 1 fully saturated rings. The predicted molar refractivity (Wildman–Crippen MR) is 222 cm³/mol. The fraction of sp³-hybridized carbons (Fsp3) is 0.174. The van der Waals surface area contributed by atoms with Gasteiger partial charge in [-0.3, -0.25) is 14.2 Å². The molecule has 7 rings (SSSR count). The van der Waals surface area contributed by atoms with Crippen molar-refractivity contribution in [2.24, 2.45) is 0 Å². The summed E-state index contributed by atoms with van der Waals surface area (Å²) in [6.07, 6.45) is -2.61. The van der Waals surface area contributed by atoms with E-state index in [-0.39, 0.29) is 23.1 Å². The molecule has 1 aromatic heterocycles. The lowest BCUT2D eigenvalue weighted by Gasteiger charge is -2.43. The van der Waals surface area contributed by atoms with Gasteiger partial charge in [0.2, 0.25) is 0 Å². The van der Waals surface area contributed by atoms with Crippen molar-refractivity contribution < 1.29 is 33.6 Å². The number of rotatable bonds is 12. The molecular weight excluding hydrogens is 804 g/mol. The first-order chi connectivity index (χ1) is 28.2. The lowest BCUT2D eigenvalue weighted by molar-refractivity contribution is -0.100. The molecule has 58 heavy (non-hydrogen) atoms. The fourth-order valence-corrected chi connectivity index (χ4v) is 7.83. The summed E-state index contributed by atoms with van der Waals surface area (Å²) in [4.78, 5) is 57.1. The van der Waals surface area contributed by atoms with E-state index in [2.05, 4.69) is 15.9 Å². The summed E-state index contributed by atoms with van der Waals surface area (Å²) in [5, 5.41) is 13.2. The molecule has 6 aromatic rings. The summed E-state index contributed by atoms with van der Waals surface area (Å²) < 4.78 is 25.6. The molecule has 1 aliphatic rings. The van der Waals surface area contributed by atoms with E-state index in [4.69, 9.17) is 18.9 Å². The molecule has 1 aliphatic heterocycles. The summed E-state index contributed by atoms with van der Waals surface area (Å²) in [5.74, 6) is -0.326. The minimum absolute atomic E-state index is 0.00119. The molecule has 0 spiro atoms. The van der Waals surface area contributed by atoms with Gasteiger partial charge in [-0.1, -0.05) is 107 Å². The maximum Gasteiger partial charge on any atom is 0.340 e. The molecule has 294 valence electrons. The van der Waals surface area contributed by atoms with Gasteiger partial charge >= 0.3 is 11.7 Å². The number of aromatic nitrogens is 2. The number of benzene rings is 5. The third-order valence-electron chi connectivity index (χ3n) is 10.4. The monoisotopic (exact) mass is 842 g/mol. The van der Waals surface area contributed by atoms with E-state index in [1.54, 1.807) is 87.0 Å². The van der Waals surface area contributed by atoms with Crippen molar-refractivity contribution in [1.82, 2.24) is 9.13 Å². The highest BCUT2D eigenvalue weighted by Gasteiger charge is 2.54. The van der Waals surface area contributed by atoms with Crippen molar-refractivity contribution in [1.29, 1.82) is 0 Å². The zero-order valence-electron chi connectivity index (χ0n) is 31.5. The number of aliphatic hydroxyl groups excluding tert-OH is 1. The molecule has 2 heterocycles. The first kappa shape index (κ1) is 39.9. The van der Waals surface area contributed by atoms with Gasteiger partial charge in [-0.05, 0) is 76.3 Å². The fourth-order valence-electron chi connectivity index (χ4n) is 7.55. The second kappa shape index (κ2) is 17.4. The number of methoxy groups -OCH3 is 2. The van der Waals surface area contributed by atoms with Crippen LogP contribution in [0.2, 0.25) is 0 Å². The largest absolute Gasteiger partial charge is 0.497 e. The Bertz CT molecular complexity index is 2470. The number of aliphatic hydroxyl groups is 1. The molecule has 0 radical (unpaired) electrons. The summed E-state index contributed by atoms with van der Waals surface area (Å²) >= 11 is 3.21. The molecule has 1 saturated heterocycles. The van der Waals surface area contributed by atoms with Crippen LogP contribution in [0.25, 0.3) is 6.08 Å². The Morgan fingerprint density at radius 2 is 1.26 bits per heavy atom. The number of halogens is 1. The van der Waals surface area contributed by atoms with E-state index in [1.807, 2.05) is 54.6 Å². The van der Waals surface area contributed by atoms with Crippen LogP contribution < -0.4 is 20.7 Å². The van der Waals surface area contributed by atoms with Gasteiger partial charge in [-0.15, -0.1) is 0 Å². The first-order valence-electron chi connectivity index (χ1n) is 18.4. The Morgan fingerprint density at radius 1 is 0.759 bits per heavy atom. The minimum Gasteiger partial charge on any atom is -0.497 e. The Kier molecular flexibility index (Phi) is 12.0. The van der Waals surface area contributed by atoms with Gasteiger partial charge in [0, 0.05) is 18.2 Å². The average molecular weight is 844 g/mol. The van der Waals surface area contributed by atoms with Gasteiger partial charge < -0.3 is 24.1 Å². The van der Waals surface area contributed by atoms with Crippen molar-refractivity contribution in [3.63, 3.8) is 0 Å². The number of carbonyl (C=O) groups is 2. The molecule has 1 unspecified atom stereocenters. The second-order valence-corrected chi connectivity index (χ2v) is 14.1. The highest BCUT2D eigenvalue weighted by Crippen LogP contribution is 2.48. The summed E-state index contributed by atoms with van der Waals surface area (Å²) in [6.45, 7) is 0. The lowest BCUT2D eigenvalue weighted by Crippen LogP contribution is -2.52. The molecule has 0 amide bonds. The minimum atomic E-state index is -1.51. The predicted octanol–water partition coefficient (Wildman–Crippen LogP) is 6.99.